The summed E-state index contributed by atoms with van der Waals surface area (Å²) in [5, 5.41) is 11.3. The summed E-state index contributed by atoms with van der Waals surface area (Å²) in [7, 11) is 0. The molecular formula is C25H25F2N3OS. The van der Waals surface area contributed by atoms with Gasteiger partial charge in [-0.05, 0) is 42.2 Å². The minimum Gasteiger partial charge on any atom is -0.396 e. The number of imidazole rings is 1. The maximum atomic E-state index is 13.8. The molecule has 0 aliphatic heterocycles. The molecule has 0 aliphatic rings. The lowest BCUT2D eigenvalue weighted by Gasteiger charge is -2.14. The molecule has 1 N–H and O–H groups in total. The van der Waals surface area contributed by atoms with Gasteiger partial charge in [-0.15, -0.1) is 0 Å². The zero-order chi connectivity index (χ0) is 22.7. The third kappa shape index (κ3) is 5.00. The highest BCUT2D eigenvalue weighted by Gasteiger charge is 2.21. The number of halogens is 2. The Hall–Kier alpha value is -2.77. The summed E-state index contributed by atoms with van der Waals surface area (Å²) in [5.74, 6) is -0.247. The number of hydrogen-bond donors (Lipinski definition) is 1. The number of benzene rings is 2. The molecule has 0 unspecified atom stereocenters. The normalized spacial score (nSPS) is 11.6. The van der Waals surface area contributed by atoms with E-state index in [0.717, 1.165) is 39.1 Å². The fourth-order valence-corrected chi connectivity index (χ4v) is 4.89. The molecule has 0 bridgehead atoms. The van der Waals surface area contributed by atoms with Crippen LogP contribution in [0.15, 0.2) is 64.6 Å². The number of rotatable bonds is 8. The second kappa shape index (κ2) is 9.79. The zero-order valence-electron chi connectivity index (χ0n) is 18.1. The van der Waals surface area contributed by atoms with Crippen molar-refractivity contribution in [3.8, 4) is 0 Å². The summed E-state index contributed by atoms with van der Waals surface area (Å²) < 4.78 is 29.8. The molecule has 2 heterocycles. The van der Waals surface area contributed by atoms with E-state index in [1.807, 2.05) is 30.5 Å². The zero-order valence-corrected chi connectivity index (χ0v) is 18.9. The Balaban J connectivity index is 1.79. The molecule has 0 amide bonds. The number of para-hydroxylation sites is 1. The number of aromatic nitrogens is 3. The summed E-state index contributed by atoms with van der Waals surface area (Å²) in [6.45, 7) is 4.70. The molecule has 0 spiro atoms. The van der Waals surface area contributed by atoms with Crippen LogP contribution in [0, 0.1) is 11.6 Å². The van der Waals surface area contributed by atoms with E-state index in [4.69, 9.17) is 4.98 Å². The van der Waals surface area contributed by atoms with E-state index in [-0.39, 0.29) is 12.5 Å². The fraction of sp³-hybridized carbons (Fsp3) is 0.280. The molecule has 2 aromatic carbocycles. The maximum Gasteiger partial charge on any atom is 0.127 e. The van der Waals surface area contributed by atoms with Gasteiger partial charge in [0.1, 0.15) is 22.5 Å². The van der Waals surface area contributed by atoms with Crippen LogP contribution in [0.5, 0.6) is 0 Å². The SMILES string of the molecule is CC(C)c1nc(CCCO)n(Cc2cnc3ccccc3c2)c1Sc1cc(F)cc(F)c1. The fourth-order valence-electron chi connectivity index (χ4n) is 3.66. The second-order valence-electron chi connectivity index (χ2n) is 8.03. The third-order valence-corrected chi connectivity index (χ3v) is 6.26. The molecule has 0 aliphatic carbocycles. The highest BCUT2D eigenvalue weighted by atomic mass is 32.2. The molecule has 4 rings (SSSR count). The minimum atomic E-state index is -0.608. The summed E-state index contributed by atoms with van der Waals surface area (Å²) >= 11 is 1.31. The van der Waals surface area contributed by atoms with Crippen molar-refractivity contribution in [2.24, 2.45) is 0 Å². The Morgan fingerprint density at radius 1 is 1.06 bits per heavy atom. The van der Waals surface area contributed by atoms with Crippen LogP contribution < -0.4 is 0 Å². The van der Waals surface area contributed by atoms with Crippen molar-refractivity contribution in [2.45, 2.75) is 49.1 Å². The molecule has 0 saturated carbocycles. The van der Waals surface area contributed by atoms with E-state index in [0.29, 0.717) is 24.3 Å². The van der Waals surface area contributed by atoms with Crippen LogP contribution in [0.3, 0.4) is 0 Å². The predicted molar refractivity (Wildman–Crippen MR) is 123 cm³/mol. The molecule has 0 fully saturated rings. The van der Waals surface area contributed by atoms with Gasteiger partial charge in [-0.3, -0.25) is 4.98 Å². The smallest absolute Gasteiger partial charge is 0.127 e. The summed E-state index contributed by atoms with van der Waals surface area (Å²) in [5.41, 5.74) is 2.81. The highest BCUT2D eigenvalue weighted by molar-refractivity contribution is 7.99. The standard InChI is InChI=1S/C25H25F2N3OS/c1-16(2)24-25(32-21-12-19(26)11-20(27)13-21)30(23(29-24)8-5-9-31)15-17-10-18-6-3-4-7-22(18)28-14-17/h3-4,6-7,10-14,16,31H,5,8-9,15H2,1-2H3. The number of pyridine rings is 1. The summed E-state index contributed by atoms with van der Waals surface area (Å²) in [4.78, 5) is 9.92. The topological polar surface area (TPSA) is 50.9 Å². The lowest BCUT2D eigenvalue weighted by atomic mass is 10.1. The quantitative estimate of drug-likeness (QED) is 0.358. The first kappa shape index (κ1) is 22.4. The molecule has 7 heteroatoms. The number of nitrogens with zero attached hydrogens (tertiary/aromatic N) is 3. The van der Waals surface area contributed by atoms with Crippen molar-refractivity contribution in [3.05, 3.63) is 83.4 Å². The number of hydrogen-bond acceptors (Lipinski definition) is 4. The molecule has 32 heavy (non-hydrogen) atoms. The van der Waals surface area contributed by atoms with Crippen LogP contribution in [0.4, 0.5) is 8.78 Å². The molecule has 0 radical (unpaired) electrons. The van der Waals surface area contributed by atoms with Gasteiger partial charge in [-0.2, -0.15) is 0 Å². The molecular weight excluding hydrogens is 428 g/mol. The van der Waals surface area contributed by atoms with Gasteiger partial charge < -0.3 is 9.67 Å². The van der Waals surface area contributed by atoms with E-state index in [9.17, 15) is 13.9 Å². The van der Waals surface area contributed by atoms with Crippen molar-refractivity contribution in [1.29, 1.82) is 0 Å². The molecule has 0 atom stereocenters. The first-order valence-corrected chi connectivity index (χ1v) is 11.4. The van der Waals surface area contributed by atoms with Gasteiger partial charge in [-0.25, -0.2) is 13.8 Å². The van der Waals surface area contributed by atoms with Gasteiger partial charge >= 0.3 is 0 Å². The van der Waals surface area contributed by atoms with Crippen LogP contribution in [0.2, 0.25) is 0 Å². The predicted octanol–water partition coefficient (Wildman–Crippen LogP) is 5.96. The molecule has 2 aromatic heterocycles. The first-order chi connectivity index (χ1) is 15.4. The van der Waals surface area contributed by atoms with Gasteiger partial charge in [0.05, 0.1) is 17.8 Å². The Labute approximate surface area is 190 Å². The van der Waals surface area contributed by atoms with E-state index in [1.165, 1.54) is 23.9 Å². The van der Waals surface area contributed by atoms with Gasteiger partial charge in [0.15, 0.2) is 0 Å². The van der Waals surface area contributed by atoms with Crippen LogP contribution in [-0.4, -0.2) is 26.2 Å². The monoisotopic (exact) mass is 453 g/mol. The van der Waals surface area contributed by atoms with Crippen molar-refractivity contribution in [2.75, 3.05) is 6.61 Å². The lowest BCUT2D eigenvalue weighted by molar-refractivity contribution is 0.287. The van der Waals surface area contributed by atoms with Crippen molar-refractivity contribution < 1.29 is 13.9 Å². The van der Waals surface area contributed by atoms with E-state index >= 15 is 0 Å². The molecule has 0 saturated heterocycles. The van der Waals surface area contributed by atoms with Crippen LogP contribution in [0.1, 0.15) is 43.3 Å². The number of aliphatic hydroxyl groups is 1. The van der Waals surface area contributed by atoms with Gasteiger partial charge in [-0.1, -0.05) is 43.8 Å². The van der Waals surface area contributed by atoms with Gasteiger partial charge in [0.2, 0.25) is 0 Å². The van der Waals surface area contributed by atoms with Crippen molar-refractivity contribution >= 4 is 22.7 Å². The summed E-state index contributed by atoms with van der Waals surface area (Å²) in [6.07, 6.45) is 3.04. The Morgan fingerprint density at radius 2 is 1.81 bits per heavy atom. The second-order valence-corrected chi connectivity index (χ2v) is 9.09. The summed E-state index contributed by atoms with van der Waals surface area (Å²) in [6, 6.07) is 13.6. The minimum absolute atomic E-state index is 0.0684. The molecule has 4 aromatic rings. The number of fused-ring (bicyclic) bond motifs is 1. The van der Waals surface area contributed by atoms with Crippen molar-refractivity contribution in [1.82, 2.24) is 14.5 Å². The first-order valence-electron chi connectivity index (χ1n) is 10.6. The van der Waals surface area contributed by atoms with Gasteiger partial charge in [0.25, 0.3) is 0 Å². The molecule has 4 nitrogen and oxygen atoms in total. The third-order valence-electron chi connectivity index (χ3n) is 5.17. The van der Waals surface area contributed by atoms with E-state index in [2.05, 4.69) is 29.5 Å². The number of aryl methyl sites for hydroxylation is 1. The number of aliphatic hydroxyl groups excluding tert-OH is 1. The molecule has 166 valence electrons. The van der Waals surface area contributed by atoms with E-state index < -0.39 is 11.6 Å². The Morgan fingerprint density at radius 3 is 2.53 bits per heavy atom. The van der Waals surface area contributed by atoms with Gasteiger partial charge in [0, 0.05) is 35.6 Å². The average molecular weight is 454 g/mol. The largest absolute Gasteiger partial charge is 0.396 e. The van der Waals surface area contributed by atoms with Crippen LogP contribution >= 0.6 is 11.8 Å². The van der Waals surface area contributed by atoms with Crippen LogP contribution in [-0.2, 0) is 13.0 Å². The van der Waals surface area contributed by atoms with Crippen molar-refractivity contribution in [3.63, 3.8) is 0 Å². The lowest BCUT2D eigenvalue weighted by Crippen LogP contribution is -2.08. The average Bonchev–Trinajstić information content (AvgIpc) is 3.08. The Kier molecular flexibility index (Phi) is 6.86. The Bertz CT molecular complexity index is 1220. The highest BCUT2D eigenvalue weighted by Crippen LogP contribution is 2.36. The van der Waals surface area contributed by atoms with Crippen LogP contribution in [0.25, 0.3) is 10.9 Å². The van der Waals surface area contributed by atoms with E-state index in [1.54, 1.807) is 0 Å². The maximum absolute atomic E-state index is 13.8.